The molecule has 3 aromatic carbocycles. The zero-order valence-corrected chi connectivity index (χ0v) is 21.8. The molecule has 1 heterocycles. The van der Waals surface area contributed by atoms with Crippen LogP contribution in [-0.2, 0) is 16.4 Å². The number of aromatic nitrogens is 2. The molecule has 0 saturated carbocycles. The van der Waals surface area contributed by atoms with Gasteiger partial charge in [-0.2, -0.15) is 0 Å². The van der Waals surface area contributed by atoms with Crippen LogP contribution in [0.1, 0.15) is 45.4 Å². The molecule has 0 saturated heterocycles. The Bertz CT molecular complexity index is 1580. The van der Waals surface area contributed by atoms with Crippen molar-refractivity contribution >= 4 is 27.0 Å². The summed E-state index contributed by atoms with van der Waals surface area (Å²) in [5.41, 5.74) is 1.84. The summed E-state index contributed by atoms with van der Waals surface area (Å²) in [7, 11) is -0.984. The van der Waals surface area contributed by atoms with Crippen molar-refractivity contribution in [1.29, 1.82) is 0 Å². The van der Waals surface area contributed by atoms with Crippen molar-refractivity contribution in [2.45, 2.75) is 37.7 Å². The minimum absolute atomic E-state index is 0.0368. The lowest BCUT2D eigenvalue weighted by Gasteiger charge is -2.18. The van der Waals surface area contributed by atoms with Gasteiger partial charge in [0.15, 0.2) is 0 Å². The standard InChI is InChI=1S/C27H28FN3O5S/c1-16-5-11-20(12-6-16)37(35,36)31-17(2)29-25-23(31)15-22(27(34)30(3)4)21(26(25)33)13-14-24(32)18-7-9-19(28)10-8-18/h5-12,15,24,32-33H,13-14H2,1-4H3. The molecular formula is C27H28FN3O5S. The number of phenolic OH excluding ortho intramolecular Hbond substituents is 1. The minimum atomic E-state index is -4.08. The third-order valence-corrected chi connectivity index (χ3v) is 8.07. The number of carbonyl (C=O) groups excluding carboxylic acids is 1. The summed E-state index contributed by atoms with van der Waals surface area (Å²) < 4.78 is 41.3. The monoisotopic (exact) mass is 525 g/mol. The van der Waals surface area contributed by atoms with Crippen LogP contribution in [0.4, 0.5) is 4.39 Å². The van der Waals surface area contributed by atoms with E-state index in [1.807, 2.05) is 6.92 Å². The lowest BCUT2D eigenvalue weighted by atomic mass is 9.96. The van der Waals surface area contributed by atoms with Crippen LogP contribution >= 0.6 is 0 Å². The number of hydrogen-bond donors (Lipinski definition) is 2. The number of hydrogen-bond acceptors (Lipinski definition) is 6. The average molecular weight is 526 g/mol. The van der Waals surface area contributed by atoms with Gasteiger partial charge in [0.2, 0.25) is 0 Å². The molecule has 0 aliphatic heterocycles. The molecule has 1 unspecified atom stereocenters. The van der Waals surface area contributed by atoms with Gasteiger partial charge in [0, 0.05) is 25.2 Å². The fraction of sp³-hybridized carbons (Fsp3) is 0.259. The Morgan fingerprint density at radius 1 is 1.08 bits per heavy atom. The highest BCUT2D eigenvalue weighted by Gasteiger charge is 2.28. The van der Waals surface area contributed by atoms with E-state index in [0.717, 1.165) is 9.54 Å². The van der Waals surface area contributed by atoms with Crippen LogP contribution in [0.5, 0.6) is 5.75 Å². The number of rotatable bonds is 7. The second-order valence-electron chi connectivity index (χ2n) is 9.17. The van der Waals surface area contributed by atoms with Crippen LogP contribution in [0.2, 0.25) is 0 Å². The van der Waals surface area contributed by atoms with E-state index in [9.17, 15) is 27.8 Å². The molecule has 194 valence electrons. The maximum Gasteiger partial charge on any atom is 0.269 e. The molecule has 0 aliphatic carbocycles. The highest BCUT2D eigenvalue weighted by atomic mass is 32.2. The van der Waals surface area contributed by atoms with Gasteiger partial charge < -0.3 is 15.1 Å². The number of carbonyl (C=O) groups is 1. The molecule has 0 bridgehead atoms. The first-order valence-corrected chi connectivity index (χ1v) is 13.1. The number of fused-ring (bicyclic) bond motifs is 1. The van der Waals surface area contributed by atoms with Crippen molar-refractivity contribution in [1.82, 2.24) is 13.9 Å². The lowest BCUT2D eigenvalue weighted by Crippen LogP contribution is -2.23. The molecule has 1 aromatic heterocycles. The first kappa shape index (κ1) is 26.3. The summed E-state index contributed by atoms with van der Waals surface area (Å²) in [6, 6.07) is 13.2. The van der Waals surface area contributed by atoms with Crippen LogP contribution in [-0.4, -0.2) is 52.5 Å². The summed E-state index contributed by atoms with van der Waals surface area (Å²) in [6.07, 6.45) is -0.759. The largest absolute Gasteiger partial charge is 0.505 e. The quantitative estimate of drug-likeness (QED) is 0.376. The van der Waals surface area contributed by atoms with Crippen LogP contribution in [0.15, 0.2) is 59.5 Å². The minimum Gasteiger partial charge on any atom is -0.505 e. The van der Waals surface area contributed by atoms with Crippen LogP contribution in [0, 0.1) is 19.7 Å². The third kappa shape index (κ3) is 4.94. The summed E-state index contributed by atoms with van der Waals surface area (Å²) in [6.45, 7) is 3.36. The summed E-state index contributed by atoms with van der Waals surface area (Å²) in [5.74, 6) is -1.07. The van der Waals surface area contributed by atoms with E-state index in [1.165, 1.54) is 54.3 Å². The molecule has 4 aromatic rings. The van der Waals surface area contributed by atoms with Gasteiger partial charge in [0.1, 0.15) is 22.9 Å². The summed E-state index contributed by atoms with van der Waals surface area (Å²) in [4.78, 5) is 18.8. The van der Waals surface area contributed by atoms with E-state index in [1.54, 1.807) is 26.2 Å². The van der Waals surface area contributed by atoms with E-state index in [4.69, 9.17) is 0 Å². The van der Waals surface area contributed by atoms with Gasteiger partial charge in [-0.15, -0.1) is 0 Å². The molecule has 8 nitrogen and oxygen atoms in total. The van der Waals surface area contributed by atoms with E-state index < -0.39 is 27.9 Å². The maximum absolute atomic E-state index is 13.5. The second kappa shape index (κ2) is 9.95. The molecule has 4 rings (SSSR count). The second-order valence-corrected chi connectivity index (χ2v) is 11.0. The third-order valence-electron chi connectivity index (χ3n) is 6.26. The van der Waals surface area contributed by atoms with Gasteiger partial charge in [-0.25, -0.2) is 21.8 Å². The number of imidazole rings is 1. The molecule has 1 atom stereocenters. The molecular weight excluding hydrogens is 497 g/mol. The lowest BCUT2D eigenvalue weighted by molar-refractivity contribution is 0.0825. The Labute approximate surface area is 214 Å². The van der Waals surface area contributed by atoms with E-state index >= 15 is 0 Å². The predicted octanol–water partition coefficient (Wildman–Crippen LogP) is 4.10. The van der Waals surface area contributed by atoms with Crippen molar-refractivity contribution in [2.24, 2.45) is 0 Å². The Balaban J connectivity index is 1.84. The van der Waals surface area contributed by atoms with Gasteiger partial charge in [-0.05, 0) is 62.6 Å². The predicted molar refractivity (Wildman–Crippen MR) is 138 cm³/mol. The summed E-state index contributed by atoms with van der Waals surface area (Å²) >= 11 is 0. The van der Waals surface area contributed by atoms with E-state index in [-0.39, 0.29) is 51.5 Å². The number of aliphatic hydroxyl groups is 1. The molecule has 0 spiro atoms. The van der Waals surface area contributed by atoms with Crippen LogP contribution < -0.4 is 0 Å². The number of nitrogens with zero attached hydrogens (tertiary/aromatic N) is 3. The van der Waals surface area contributed by atoms with Gasteiger partial charge >= 0.3 is 0 Å². The molecule has 1 amide bonds. The fourth-order valence-electron chi connectivity index (χ4n) is 4.27. The first-order valence-electron chi connectivity index (χ1n) is 11.6. The number of aliphatic hydroxyl groups excluding tert-OH is 1. The molecule has 0 aliphatic rings. The number of aryl methyl sites for hydroxylation is 2. The number of benzene rings is 3. The van der Waals surface area contributed by atoms with Crippen molar-refractivity contribution in [3.05, 3.63) is 88.5 Å². The smallest absolute Gasteiger partial charge is 0.269 e. The normalized spacial score (nSPS) is 12.6. The van der Waals surface area contributed by atoms with Gasteiger partial charge in [-0.3, -0.25) is 4.79 Å². The van der Waals surface area contributed by atoms with Gasteiger partial charge in [-0.1, -0.05) is 29.8 Å². The molecule has 0 radical (unpaired) electrons. The first-order chi connectivity index (χ1) is 17.4. The zero-order chi connectivity index (χ0) is 27.1. The van der Waals surface area contributed by atoms with Crippen LogP contribution in [0.25, 0.3) is 11.0 Å². The number of halogens is 1. The SMILES string of the molecule is Cc1ccc(S(=O)(=O)n2c(C)nc3c(O)c(CCC(O)c4ccc(F)cc4)c(C(=O)N(C)C)cc32)cc1. The number of phenols is 1. The Morgan fingerprint density at radius 3 is 2.30 bits per heavy atom. The number of aromatic hydroxyl groups is 1. The van der Waals surface area contributed by atoms with Gasteiger partial charge in [0.05, 0.1) is 16.5 Å². The molecule has 37 heavy (non-hydrogen) atoms. The zero-order valence-electron chi connectivity index (χ0n) is 20.9. The molecule has 2 N–H and O–H groups in total. The van der Waals surface area contributed by atoms with Crippen LogP contribution in [0.3, 0.4) is 0 Å². The highest BCUT2D eigenvalue weighted by Crippen LogP contribution is 2.36. The highest BCUT2D eigenvalue weighted by molar-refractivity contribution is 7.90. The van der Waals surface area contributed by atoms with Crippen molar-refractivity contribution < 1.29 is 27.8 Å². The maximum atomic E-state index is 13.5. The molecule has 10 heteroatoms. The van der Waals surface area contributed by atoms with Crippen molar-refractivity contribution in [3.63, 3.8) is 0 Å². The Kier molecular flexibility index (Phi) is 7.07. The van der Waals surface area contributed by atoms with E-state index in [2.05, 4.69) is 4.98 Å². The topological polar surface area (TPSA) is 113 Å². The Hall–Kier alpha value is -3.76. The molecule has 0 fully saturated rings. The van der Waals surface area contributed by atoms with Crippen molar-refractivity contribution in [2.75, 3.05) is 14.1 Å². The Morgan fingerprint density at radius 2 is 1.70 bits per heavy atom. The van der Waals surface area contributed by atoms with Gasteiger partial charge in [0.25, 0.3) is 15.9 Å². The van der Waals surface area contributed by atoms with Crippen molar-refractivity contribution in [3.8, 4) is 5.75 Å². The fourth-order valence-corrected chi connectivity index (χ4v) is 5.74. The average Bonchev–Trinajstić information content (AvgIpc) is 3.20. The van der Waals surface area contributed by atoms with E-state index in [0.29, 0.717) is 5.56 Å². The summed E-state index contributed by atoms with van der Waals surface area (Å²) in [5, 5.41) is 21.8. The number of amides is 1.